The summed E-state index contributed by atoms with van der Waals surface area (Å²) in [6.45, 7) is 17.0. The number of rotatable bonds is 6. The first-order valence-electron chi connectivity index (χ1n) is 8.01. The molecule has 0 aromatic heterocycles. The van der Waals surface area contributed by atoms with Gasteiger partial charge < -0.3 is 5.32 Å². The zero-order chi connectivity index (χ0) is 15.4. The van der Waals surface area contributed by atoms with Crippen molar-refractivity contribution in [3.8, 4) is 0 Å². The SMILES string of the molecule is CCC(C)c1ccc(C(C)(C)CCNC(C)(C)C)cc1. The molecule has 0 saturated heterocycles. The molecule has 1 aromatic rings. The normalized spacial score (nSPS) is 14.3. The summed E-state index contributed by atoms with van der Waals surface area (Å²) in [5, 5.41) is 3.59. The molecule has 0 fully saturated rings. The molecule has 0 aliphatic rings. The van der Waals surface area contributed by atoms with Gasteiger partial charge in [-0.15, -0.1) is 0 Å². The standard InChI is InChI=1S/C19H33N/c1-8-15(2)16-9-11-17(12-10-16)19(6,7)13-14-20-18(3,4)5/h9-12,15,20H,8,13-14H2,1-7H3. The van der Waals surface area contributed by atoms with Crippen LogP contribution in [0.5, 0.6) is 0 Å². The van der Waals surface area contributed by atoms with E-state index in [1.807, 2.05) is 0 Å². The van der Waals surface area contributed by atoms with Gasteiger partial charge in [0.15, 0.2) is 0 Å². The predicted octanol–water partition coefficient (Wildman–Crippen LogP) is 5.26. The first-order valence-corrected chi connectivity index (χ1v) is 8.01. The summed E-state index contributed by atoms with van der Waals surface area (Å²) in [4.78, 5) is 0. The summed E-state index contributed by atoms with van der Waals surface area (Å²) in [6, 6.07) is 9.25. The molecule has 0 bridgehead atoms. The molecule has 1 N–H and O–H groups in total. The molecule has 0 spiro atoms. The third kappa shape index (κ3) is 5.28. The molecule has 1 unspecified atom stereocenters. The summed E-state index contributed by atoms with van der Waals surface area (Å²) in [7, 11) is 0. The number of nitrogens with one attached hydrogen (secondary N) is 1. The van der Waals surface area contributed by atoms with Crippen LogP contribution in [0.3, 0.4) is 0 Å². The van der Waals surface area contributed by atoms with E-state index in [2.05, 4.69) is 78.0 Å². The molecule has 0 aliphatic heterocycles. The summed E-state index contributed by atoms with van der Waals surface area (Å²) < 4.78 is 0. The van der Waals surface area contributed by atoms with E-state index in [4.69, 9.17) is 0 Å². The van der Waals surface area contributed by atoms with Crippen LogP contribution >= 0.6 is 0 Å². The van der Waals surface area contributed by atoms with Crippen molar-refractivity contribution in [1.82, 2.24) is 5.32 Å². The lowest BCUT2D eigenvalue weighted by atomic mass is 9.80. The molecule has 1 rings (SSSR count). The Bertz CT molecular complexity index is 395. The smallest absolute Gasteiger partial charge is 0.00965 e. The zero-order valence-corrected chi connectivity index (χ0v) is 14.5. The molecular formula is C19H33N. The van der Waals surface area contributed by atoms with Gasteiger partial charge >= 0.3 is 0 Å². The highest BCUT2D eigenvalue weighted by Crippen LogP contribution is 2.28. The number of hydrogen-bond donors (Lipinski definition) is 1. The van der Waals surface area contributed by atoms with E-state index >= 15 is 0 Å². The van der Waals surface area contributed by atoms with Gasteiger partial charge in [0.25, 0.3) is 0 Å². The molecule has 1 atom stereocenters. The molecule has 114 valence electrons. The quantitative estimate of drug-likeness (QED) is 0.747. The van der Waals surface area contributed by atoms with Crippen LogP contribution in [0.2, 0.25) is 0 Å². The van der Waals surface area contributed by atoms with Crippen molar-refractivity contribution in [2.45, 2.75) is 78.2 Å². The fraction of sp³-hybridized carbons (Fsp3) is 0.684. The fourth-order valence-electron chi connectivity index (χ4n) is 2.39. The molecule has 1 aromatic carbocycles. The topological polar surface area (TPSA) is 12.0 Å². The van der Waals surface area contributed by atoms with Crippen LogP contribution in [0, 0.1) is 0 Å². The third-order valence-corrected chi connectivity index (χ3v) is 4.28. The molecule has 20 heavy (non-hydrogen) atoms. The number of hydrogen-bond acceptors (Lipinski definition) is 1. The molecule has 0 aliphatic carbocycles. The monoisotopic (exact) mass is 275 g/mol. The predicted molar refractivity (Wildman–Crippen MR) is 90.5 cm³/mol. The highest BCUT2D eigenvalue weighted by atomic mass is 14.9. The average Bonchev–Trinajstić information content (AvgIpc) is 2.36. The van der Waals surface area contributed by atoms with Crippen LogP contribution in [0.4, 0.5) is 0 Å². The second-order valence-electron chi connectivity index (χ2n) is 7.74. The fourth-order valence-corrected chi connectivity index (χ4v) is 2.39. The molecule has 0 heterocycles. The third-order valence-electron chi connectivity index (χ3n) is 4.28. The Hall–Kier alpha value is -0.820. The lowest BCUT2D eigenvalue weighted by Crippen LogP contribution is -2.38. The Morgan fingerprint density at radius 3 is 2.00 bits per heavy atom. The van der Waals surface area contributed by atoms with Gasteiger partial charge in [0.05, 0.1) is 0 Å². The van der Waals surface area contributed by atoms with Crippen molar-refractivity contribution in [1.29, 1.82) is 0 Å². The number of benzene rings is 1. The molecule has 0 radical (unpaired) electrons. The lowest BCUT2D eigenvalue weighted by Gasteiger charge is -2.29. The van der Waals surface area contributed by atoms with Crippen molar-refractivity contribution < 1.29 is 0 Å². The second-order valence-corrected chi connectivity index (χ2v) is 7.74. The summed E-state index contributed by atoms with van der Waals surface area (Å²) >= 11 is 0. The lowest BCUT2D eigenvalue weighted by molar-refractivity contribution is 0.379. The van der Waals surface area contributed by atoms with Gasteiger partial charge in [0.1, 0.15) is 0 Å². The van der Waals surface area contributed by atoms with Crippen LogP contribution < -0.4 is 5.32 Å². The van der Waals surface area contributed by atoms with E-state index in [1.54, 1.807) is 0 Å². The van der Waals surface area contributed by atoms with Crippen molar-refractivity contribution in [3.63, 3.8) is 0 Å². The maximum atomic E-state index is 3.59. The van der Waals surface area contributed by atoms with Crippen molar-refractivity contribution in [3.05, 3.63) is 35.4 Å². The van der Waals surface area contributed by atoms with E-state index in [0.717, 1.165) is 13.0 Å². The van der Waals surface area contributed by atoms with Crippen molar-refractivity contribution in [2.24, 2.45) is 0 Å². The Labute approximate surface area is 126 Å². The summed E-state index contributed by atoms with van der Waals surface area (Å²) in [5.74, 6) is 0.662. The molecule has 1 heteroatoms. The highest BCUT2D eigenvalue weighted by molar-refractivity contribution is 5.29. The van der Waals surface area contributed by atoms with Crippen LogP contribution in [0.15, 0.2) is 24.3 Å². The highest BCUT2D eigenvalue weighted by Gasteiger charge is 2.21. The van der Waals surface area contributed by atoms with Gasteiger partial charge in [-0.3, -0.25) is 0 Å². The van der Waals surface area contributed by atoms with E-state index in [-0.39, 0.29) is 11.0 Å². The minimum atomic E-state index is 0.205. The van der Waals surface area contributed by atoms with Gasteiger partial charge in [0.2, 0.25) is 0 Å². The van der Waals surface area contributed by atoms with Crippen molar-refractivity contribution >= 4 is 0 Å². The molecular weight excluding hydrogens is 242 g/mol. The van der Waals surface area contributed by atoms with Crippen LogP contribution in [-0.4, -0.2) is 12.1 Å². The van der Waals surface area contributed by atoms with E-state index in [1.165, 1.54) is 17.5 Å². The van der Waals surface area contributed by atoms with Crippen LogP contribution in [-0.2, 0) is 5.41 Å². The zero-order valence-electron chi connectivity index (χ0n) is 14.5. The minimum absolute atomic E-state index is 0.205. The largest absolute Gasteiger partial charge is 0.312 e. The van der Waals surface area contributed by atoms with Gasteiger partial charge in [0, 0.05) is 5.54 Å². The Kier molecular flexibility index (Phi) is 5.82. The first-order chi connectivity index (χ1) is 9.15. The average molecular weight is 275 g/mol. The summed E-state index contributed by atoms with van der Waals surface area (Å²) in [6.07, 6.45) is 2.37. The van der Waals surface area contributed by atoms with Gasteiger partial charge in [-0.05, 0) is 62.6 Å². The molecule has 0 saturated carbocycles. The van der Waals surface area contributed by atoms with Crippen molar-refractivity contribution in [2.75, 3.05) is 6.54 Å². The van der Waals surface area contributed by atoms with Crippen LogP contribution in [0.1, 0.15) is 78.4 Å². The Balaban J connectivity index is 2.67. The Morgan fingerprint density at radius 1 is 1.00 bits per heavy atom. The first kappa shape index (κ1) is 17.2. The van der Waals surface area contributed by atoms with E-state index in [0.29, 0.717) is 5.92 Å². The maximum absolute atomic E-state index is 3.59. The van der Waals surface area contributed by atoms with Gasteiger partial charge in [-0.1, -0.05) is 52.0 Å². The second kappa shape index (κ2) is 6.76. The summed E-state index contributed by atoms with van der Waals surface area (Å²) in [5.41, 5.74) is 3.34. The maximum Gasteiger partial charge on any atom is 0.00965 e. The van der Waals surface area contributed by atoms with E-state index < -0.39 is 0 Å². The Morgan fingerprint density at radius 2 is 1.55 bits per heavy atom. The molecule has 1 nitrogen and oxygen atoms in total. The minimum Gasteiger partial charge on any atom is -0.312 e. The van der Waals surface area contributed by atoms with Gasteiger partial charge in [-0.25, -0.2) is 0 Å². The van der Waals surface area contributed by atoms with E-state index in [9.17, 15) is 0 Å². The molecule has 0 amide bonds. The van der Waals surface area contributed by atoms with Crippen LogP contribution in [0.25, 0.3) is 0 Å². The van der Waals surface area contributed by atoms with Gasteiger partial charge in [-0.2, -0.15) is 0 Å².